The summed E-state index contributed by atoms with van der Waals surface area (Å²) in [5.41, 5.74) is 4.64. The molecule has 0 saturated heterocycles. The Morgan fingerprint density at radius 2 is 1.81 bits per heavy atom. The number of para-hydroxylation sites is 1. The number of anilines is 2. The predicted octanol–water partition coefficient (Wildman–Crippen LogP) is 6.83. The number of rotatable bonds is 8. The molecule has 1 aromatic heterocycles. The Bertz CT molecular complexity index is 1920. The zero-order valence-electron chi connectivity index (χ0n) is 23.8. The van der Waals surface area contributed by atoms with Gasteiger partial charge < -0.3 is 4.74 Å². The minimum absolute atomic E-state index is 0.126. The van der Waals surface area contributed by atoms with Gasteiger partial charge in [-0.1, -0.05) is 35.6 Å². The fourth-order valence-electron chi connectivity index (χ4n) is 5.01. The third-order valence-electron chi connectivity index (χ3n) is 7.18. The molecule has 1 aliphatic heterocycles. The molecule has 4 aromatic carbocycles. The van der Waals surface area contributed by atoms with E-state index < -0.39 is 15.9 Å². The lowest BCUT2D eigenvalue weighted by molar-refractivity contribution is 0.0987. The first-order valence-corrected chi connectivity index (χ1v) is 16.3. The van der Waals surface area contributed by atoms with Crippen molar-refractivity contribution < 1.29 is 17.9 Å². The van der Waals surface area contributed by atoms with E-state index in [1.165, 1.54) is 44.9 Å². The fraction of sp³-hybridized carbons (Fsp3) is 0.182. The van der Waals surface area contributed by atoms with Gasteiger partial charge in [-0.05, 0) is 110 Å². The average Bonchev–Trinajstić information content (AvgIpc) is 3.44. The highest BCUT2D eigenvalue weighted by Crippen LogP contribution is 2.33. The van der Waals surface area contributed by atoms with Crippen LogP contribution in [0.25, 0.3) is 10.2 Å². The van der Waals surface area contributed by atoms with Crippen molar-refractivity contribution in [3.63, 3.8) is 0 Å². The monoisotopic (exact) mass is 610 g/mol. The summed E-state index contributed by atoms with van der Waals surface area (Å²) in [4.78, 5) is 18.7. The van der Waals surface area contributed by atoms with Crippen LogP contribution in [0.4, 0.5) is 10.8 Å². The number of ether oxygens (including phenoxy) is 1. The Morgan fingerprint density at radius 3 is 2.58 bits per heavy atom. The second kappa shape index (κ2) is 12.0. The molecule has 0 spiro atoms. The first-order valence-electron chi connectivity index (χ1n) is 14.0. The molecule has 1 aliphatic rings. The number of amides is 1. The van der Waals surface area contributed by atoms with Crippen LogP contribution in [0.1, 0.15) is 40.4 Å². The molecule has 8 nitrogen and oxygen atoms in total. The predicted molar refractivity (Wildman–Crippen MR) is 172 cm³/mol. The summed E-state index contributed by atoms with van der Waals surface area (Å²) in [5, 5.41) is 6.22. The lowest BCUT2D eigenvalue weighted by Crippen LogP contribution is -2.35. The summed E-state index contributed by atoms with van der Waals surface area (Å²) in [6.45, 7) is 4.90. The van der Waals surface area contributed by atoms with Crippen LogP contribution in [0, 0.1) is 6.92 Å². The summed E-state index contributed by atoms with van der Waals surface area (Å²) >= 11 is 1.36. The average molecular weight is 611 g/mol. The number of sulfonamides is 1. The Hall–Kier alpha value is -4.54. The zero-order chi connectivity index (χ0) is 30.0. The molecule has 0 bridgehead atoms. The van der Waals surface area contributed by atoms with Crippen molar-refractivity contribution in [3.05, 3.63) is 113 Å². The van der Waals surface area contributed by atoms with Gasteiger partial charge in [-0.25, -0.2) is 13.4 Å². The Balaban J connectivity index is 1.32. The molecule has 2 heterocycles. The summed E-state index contributed by atoms with van der Waals surface area (Å²) in [6.07, 6.45) is 3.18. The molecule has 0 atom stereocenters. The van der Waals surface area contributed by atoms with Gasteiger partial charge in [-0.2, -0.15) is 10.1 Å². The third-order valence-corrected chi connectivity index (χ3v) is 10.00. The topological polar surface area (TPSA) is 92.2 Å². The van der Waals surface area contributed by atoms with Crippen LogP contribution in [0.5, 0.6) is 5.75 Å². The zero-order valence-corrected chi connectivity index (χ0v) is 25.4. The quantitative estimate of drug-likeness (QED) is 0.142. The van der Waals surface area contributed by atoms with Crippen LogP contribution >= 0.6 is 11.3 Å². The fourth-order valence-corrected chi connectivity index (χ4v) is 7.57. The maximum Gasteiger partial charge on any atom is 0.280 e. The maximum atomic E-state index is 13.9. The molecule has 6 rings (SSSR count). The van der Waals surface area contributed by atoms with Crippen molar-refractivity contribution >= 4 is 54.5 Å². The first-order chi connectivity index (χ1) is 20.8. The molecule has 218 valence electrons. The normalized spacial score (nSPS) is 13.3. The van der Waals surface area contributed by atoms with E-state index in [1.807, 2.05) is 80.6 Å². The highest BCUT2D eigenvalue weighted by atomic mass is 32.2. The van der Waals surface area contributed by atoms with Gasteiger partial charge in [0.1, 0.15) is 5.75 Å². The highest BCUT2D eigenvalue weighted by Gasteiger charge is 2.29. The molecule has 43 heavy (non-hydrogen) atoms. The Morgan fingerprint density at radius 1 is 1.05 bits per heavy atom. The number of hydrazone groups is 1. The van der Waals surface area contributed by atoms with Gasteiger partial charge in [-0.3, -0.25) is 9.10 Å². The second-order valence-corrected chi connectivity index (χ2v) is 13.0. The molecule has 0 radical (unpaired) electrons. The van der Waals surface area contributed by atoms with Crippen molar-refractivity contribution in [2.45, 2.75) is 31.6 Å². The number of carbonyl (C=O) groups is 1. The molecule has 0 aliphatic carbocycles. The number of aryl methyl sites for hydroxylation is 2. The molecular weight excluding hydrogens is 581 g/mol. The summed E-state index contributed by atoms with van der Waals surface area (Å²) in [6, 6.07) is 26.9. The molecule has 0 fully saturated rings. The van der Waals surface area contributed by atoms with E-state index in [-0.39, 0.29) is 10.5 Å². The number of hydrogen-bond donors (Lipinski definition) is 0. The lowest BCUT2D eigenvalue weighted by atomic mass is 10.0. The maximum absolute atomic E-state index is 13.9. The van der Waals surface area contributed by atoms with Gasteiger partial charge >= 0.3 is 0 Å². The van der Waals surface area contributed by atoms with E-state index >= 15 is 0 Å². The molecule has 10 heteroatoms. The molecule has 0 N–H and O–H groups in total. The Kier molecular flexibility index (Phi) is 7.96. The summed E-state index contributed by atoms with van der Waals surface area (Å²) < 4.78 is 35.2. The van der Waals surface area contributed by atoms with Crippen LogP contribution < -0.4 is 14.1 Å². The highest BCUT2D eigenvalue weighted by molar-refractivity contribution is 7.92. The van der Waals surface area contributed by atoms with E-state index in [9.17, 15) is 13.2 Å². The largest absolute Gasteiger partial charge is 0.494 e. The number of carbonyl (C=O) groups excluding carboxylic acids is 1. The van der Waals surface area contributed by atoms with Crippen molar-refractivity contribution in [3.8, 4) is 5.75 Å². The minimum atomic E-state index is -3.81. The van der Waals surface area contributed by atoms with Crippen LogP contribution in [0.2, 0.25) is 0 Å². The minimum Gasteiger partial charge on any atom is -0.494 e. The molecule has 1 amide bonds. The number of hydrogen-bond acceptors (Lipinski definition) is 7. The standard InChI is InChI=1S/C33H30N4O4S2/c1-3-41-27-15-11-24(12-16-27)22-34-37(33-35-29-19-10-23(2)21-31(29)42-33)32(38)26-13-17-28(18-14-26)43(39,40)36-20-6-8-25-7-4-5-9-30(25)36/h4-5,7,9-19,21-22H,3,6,8,20H2,1-2H3/b34-22+. The second-order valence-electron chi connectivity index (χ2n) is 10.2. The number of thiazole rings is 1. The SMILES string of the molecule is CCOc1ccc(/C=N/N(C(=O)c2ccc(S(=O)(=O)N3CCCc4ccccc43)cc2)c2nc3ccc(C)cc3s2)cc1. The van der Waals surface area contributed by atoms with Crippen molar-refractivity contribution in [2.24, 2.45) is 5.10 Å². The number of nitrogens with zero attached hydrogens (tertiary/aromatic N) is 4. The van der Waals surface area contributed by atoms with Crippen molar-refractivity contribution in [1.82, 2.24) is 4.98 Å². The lowest BCUT2D eigenvalue weighted by Gasteiger charge is -2.30. The smallest absolute Gasteiger partial charge is 0.280 e. The number of aromatic nitrogens is 1. The van der Waals surface area contributed by atoms with E-state index in [1.54, 1.807) is 6.21 Å². The van der Waals surface area contributed by atoms with E-state index in [2.05, 4.69) is 10.1 Å². The van der Waals surface area contributed by atoms with E-state index in [0.29, 0.717) is 24.0 Å². The molecular formula is C33H30N4O4S2. The molecule has 0 unspecified atom stereocenters. The van der Waals surface area contributed by atoms with Gasteiger partial charge in [0.05, 0.1) is 33.6 Å². The van der Waals surface area contributed by atoms with Gasteiger partial charge in [0.2, 0.25) is 5.13 Å². The van der Waals surface area contributed by atoms with Crippen LogP contribution in [-0.2, 0) is 16.4 Å². The number of benzene rings is 4. The van der Waals surface area contributed by atoms with Crippen molar-refractivity contribution in [2.75, 3.05) is 22.5 Å². The summed E-state index contributed by atoms with van der Waals surface area (Å²) in [5.74, 6) is 0.322. The number of fused-ring (bicyclic) bond motifs is 2. The van der Waals surface area contributed by atoms with Gasteiger partial charge in [0.25, 0.3) is 15.9 Å². The third kappa shape index (κ3) is 5.89. The van der Waals surface area contributed by atoms with Crippen LogP contribution in [-0.4, -0.2) is 38.7 Å². The molecule has 5 aromatic rings. The van der Waals surface area contributed by atoms with Gasteiger partial charge in [-0.15, -0.1) is 0 Å². The summed E-state index contributed by atoms with van der Waals surface area (Å²) in [7, 11) is -3.81. The van der Waals surface area contributed by atoms with E-state index in [0.717, 1.165) is 45.5 Å². The van der Waals surface area contributed by atoms with Crippen molar-refractivity contribution in [1.29, 1.82) is 0 Å². The van der Waals surface area contributed by atoms with Crippen LogP contribution in [0.15, 0.2) is 101 Å². The Labute approximate surface area is 254 Å². The van der Waals surface area contributed by atoms with E-state index in [4.69, 9.17) is 4.74 Å². The van der Waals surface area contributed by atoms with Gasteiger partial charge in [0.15, 0.2) is 0 Å². The molecule has 0 saturated carbocycles. The van der Waals surface area contributed by atoms with Gasteiger partial charge in [0, 0.05) is 12.1 Å². The first kappa shape index (κ1) is 28.6. The van der Waals surface area contributed by atoms with Crippen LogP contribution in [0.3, 0.4) is 0 Å².